The first-order chi connectivity index (χ1) is 6.79. The fourth-order valence-corrected chi connectivity index (χ4v) is 3.42. The highest BCUT2D eigenvalue weighted by Gasteiger charge is 2.23. The Bertz CT molecular complexity index is 302. The van der Waals surface area contributed by atoms with E-state index in [0.717, 1.165) is 24.0 Å². The summed E-state index contributed by atoms with van der Waals surface area (Å²) in [6.45, 7) is 2.41. The second kappa shape index (κ2) is 4.75. The molecule has 4 heteroatoms. The van der Waals surface area contributed by atoms with E-state index in [-0.39, 0.29) is 0 Å². The topological polar surface area (TPSA) is 23.5 Å². The summed E-state index contributed by atoms with van der Waals surface area (Å²) in [4.78, 5) is 3.75. The predicted octanol–water partition coefficient (Wildman–Crippen LogP) is 2.47. The van der Waals surface area contributed by atoms with Gasteiger partial charge in [0.15, 0.2) is 0 Å². The third-order valence-electron chi connectivity index (χ3n) is 2.69. The summed E-state index contributed by atoms with van der Waals surface area (Å²) in [5.74, 6) is 0. The molecule has 0 bridgehead atoms. The number of rotatable bonds is 3. The standard InChI is InChI=1S/C10H14BrNOS/c11-8-4-10(14-7-8)5-12-3-1-2-9(12)6-13/h4,7,9,13H,1-3,5-6H2/t9-/m1/s1. The molecule has 2 nitrogen and oxygen atoms in total. The van der Waals surface area contributed by atoms with Crippen molar-refractivity contribution in [3.63, 3.8) is 0 Å². The van der Waals surface area contributed by atoms with Crippen LogP contribution >= 0.6 is 27.3 Å². The molecule has 0 unspecified atom stereocenters. The zero-order chi connectivity index (χ0) is 9.97. The van der Waals surface area contributed by atoms with Crippen LogP contribution < -0.4 is 0 Å². The Kier molecular flexibility index (Phi) is 3.60. The van der Waals surface area contributed by atoms with E-state index in [1.807, 2.05) is 0 Å². The molecule has 0 aliphatic carbocycles. The lowest BCUT2D eigenvalue weighted by Gasteiger charge is -2.21. The van der Waals surface area contributed by atoms with Gasteiger partial charge in [0.2, 0.25) is 0 Å². The SMILES string of the molecule is OC[C@H]1CCCN1Cc1cc(Br)cs1. The monoisotopic (exact) mass is 275 g/mol. The number of aliphatic hydroxyl groups is 1. The normalized spacial score (nSPS) is 23.1. The van der Waals surface area contributed by atoms with Gasteiger partial charge in [-0.05, 0) is 41.4 Å². The highest BCUT2D eigenvalue weighted by atomic mass is 79.9. The molecule has 0 saturated carbocycles. The molecule has 1 saturated heterocycles. The molecule has 1 aromatic heterocycles. The van der Waals surface area contributed by atoms with Gasteiger partial charge in [-0.3, -0.25) is 4.90 Å². The molecular formula is C10H14BrNOS. The first-order valence-electron chi connectivity index (χ1n) is 4.87. The average Bonchev–Trinajstić information content (AvgIpc) is 2.76. The second-order valence-electron chi connectivity index (χ2n) is 3.68. The molecule has 1 aliphatic heterocycles. The van der Waals surface area contributed by atoms with Gasteiger partial charge >= 0.3 is 0 Å². The van der Waals surface area contributed by atoms with Crippen molar-refractivity contribution in [3.05, 3.63) is 20.8 Å². The molecule has 0 amide bonds. The van der Waals surface area contributed by atoms with Gasteiger partial charge in [0.25, 0.3) is 0 Å². The molecule has 2 rings (SSSR count). The maximum Gasteiger partial charge on any atom is 0.0587 e. The fraction of sp³-hybridized carbons (Fsp3) is 0.600. The number of halogens is 1. The number of nitrogens with zero attached hydrogens (tertiary/aromatic N) is 1. The number of hydrogen-bond donors (Lipinski definition) is 1. The van der Waals surface area contributed by atoms with Crippen molar-refractivity contribution < 1.29 is 5.11 Å². The van der Waals surface area contributed by atoms with Crippen molar-refractivity contribution in [1.82, 2.24) is 4.90 Å². The predicted molar refractivity (Wildman–Crippen MR) is 62.5 cm³/mol. The minimum Gasteiger partial charge on any atom is -0.395 e. The average molecular weight is 276 g/mol. The maximum atomic E-state index is 9.17. The fourth-order valence-electron chi connectivity index (χ4n) is 1.95. The summed E-state index contributed by atoms with van der Waals surface area (Å²) in [5, 5.41) is 11.3. The highest BCUT2D eigenvalue weighted by molar-refractivity contribution is 9.10. The summed E-state index contributed by atoms with van der Waals surface area (Å²) < 4.78 is 1.16. The van der Waals surface area contributed by atoms with Crippen molar-refractivity contribution in [3.8, 4) is 0 Å². The maximum absolute atomic E-state index is 9.17. The third-order valence-corrected chi connectivity index (χ3v) is 4.37. The van der Waals surface area contributed by atoms with E-state index in [4.69, 9.17) is 0 Å². The minimum atomic E-state index is 0.298. The molecule has 1 aliphatic rings. The first kappa shape index (κ1) is 10.6. The number of hydrogen-bond acceptors (Lipinski definition) is 3. The number of aliphatic hydroxyl groups excluding tert-OH is 1. The Labute approximate surface area is 96.7 Å². The van der Waals surface area contributed by atoms with Crippen molar-refractivity contribution in [2.24, 2.45) is 0 Å². The van der Waals surface area contributed by atoms with Gasteiger partial charge < -0.3 is 5.11 Å². The molecule has 0 spiro atoms. The summed E-state index contributed by atoms with van der Waals surface area (Å²) >= 11 is 5.23. The van der Waals surface area contributed by atoms with E-state index < -0.39 is 0 Å². The van der Waals surface area contributed by atoms with Gasteiger partial charge in [-0.15, -0.1) is 11.3 Å². The highest BCUT2D eigenvalue weighted by Crippen LogP contribution is 2.25. The summed E-state index contributed by atoms with van der Waals surface area (Å²) in [7, 11) is 0. The van der Waals surface area contributed by atoms with E-state index in [0.29, 0.717) is 12.6 Å². The number of thiophene rings is 1. The lowest BCUT2D eigenvalue weighted by atomic mass is 10.2. The zero-order valence-corrected chi connectivity index (χ0v) is 10.4. The van der Waals surface area contributed by atoms with Gasteiger partial charge in [0, 0.05) is 27.3 Å². The van der Waals surface area contributed by atoms with E-state index >= 15 is 0 Å². The van der Waals surface area contributed by atoms with Gasteiger partial charge in [0.1, 0.15) is 0 Å². The van der Waals surface area contributed by atoms with Crippen molar-refractivity contribution in [2.75, 3.05) is 13.2 Å². The van der Waals surface area contributed by atoms with E-state index in [9.17, 15) is 5.11 Å². The van der Waals surface area contributed by atoms with Crippen LogP contribution in [0.1, 0.15) is 17.7 Å². The third kappa shape index (κ3) is 2.37. The zero-order valence-electron chi connectivity index (χ0n) is 7.95. The van der Waals surface area contributed by atoms with E-state index in [1.54, 1.807) is 11.3 Å². The smallest absolute Gasteiger partial charge is 0.0587 e. The Morgan fingerprint density at radius 1 is 1.64 bits per heavy atom. The van der Waals surface area contributed by atoms with Crippen molar-refractivity contribution in [1.29, 1.82) is 0 Å². The number of likely N-dealkylation sites (tertiary alicyclic amines) is 1. The Hall–Kier alpha value is 0.1000. The molecule has 1 N–H and O–H groups in total. The largest absolute Gasteiger partial charge is 0.395 e. The lowest BCUT2D eigenvalue weighted by Crippen LogP contribution is -2.31. The second-order valence-corrected chi connectivity index (χ2v) is 5.59. The molecule has 2 heterocycles. The van der Waals surface area contributed by atoms with Gasteiger partial charge in [0.05, 0.1) is 6.61 Å². The quantitative estimate of drug-likeness (QED) is 0.916. The van der Waals surface area contributed by atoms with Gasteiger partial charge in [-0.25, -0.2) is 0 Å². The van der Waals surface area contributed by atoms with Crippen LogP contribution in [0, 0.1) is 0 Å². The summed E-state index contributed by atoms with van der Waals surface area (Å²) in [5.41, 5.74) is 0. The van der Waals surface area contributed by atoms with Gasteiger partial charge in [-0.2, -0.15) is 0 Å². The van der Waals surface area contributed by atoms with Crippen LogP contribution in [0.25, 0.3) is 0 Å². The molecule has 78 valence electrons. The first-order valence-corrected chi connectivity index (χ1v) is 6.54. The van der Waals surface area contributed by atoms with Crippen LogP contribution in [-0.2, 0) is 6.54 Å². The Morgan fingerprint density at radius 3 is 3.14 bits per heavy atom. The molecule has 0 radical (unpaired) electrons. The van der Waals surface area contributed by atoms with Crippen LogP contribution in [0.5, 0.6) is 0 Å². The molecular weight excluding hydrogens is 262 g/mol. The molecule has 14 heavy (non-hydrogen) atoms. The van der Waals surface area contributed by atoms with Crippen molar-refractivity contribution in [2.45, 2.75) is 25.4 Å². The van der Waals surface area contributed by atoms with E-state index in [1.165, 1.54) is 11.3 Å². The van der Waals surface area contributed by atoms with E-state index in [2.05, 4.69) is 32.3 Å². The summed E-state index contributed by atoms with van der Waals surface area (Å²) in [6.07, 6.45) is 2.36. The van der Waals surface area contributed by atoms with Gasteiger partial charge in [-0.1, -0.05) is 0 Å². The molecule has 1 fully saturated rings. The van der Waals surface area contributed by atoms with Crippen LogP contribution in [-0.4, -0.2) is 29.2 Å². The molecule has 0 aromatic carbocycles. The van der Waals surface area contributed by atoms with Crippen LogP contribution in [0.3, 0.4) is 0 Å². The summed E-state index contributed by atoms with van der Waals surface area (Å²) in [6, 6.07) is 2.55. The molecule has 1 atom stereocenters. The Balaban J connectivity index is 1.96. The van der Waals surface area contributed by atoms with Crippen LogP contribution in [0.2, 0.25) is 0 Å². The Morgan fingerprint density at radius 2 is 2.50 bits per heavy atom. The van der Waals surface area contributed by atoms with Crippen LogP contribution in [0.15, 0.2) is 15.9 Å². The lowest BCUT2D eigenvalue weighted by molar-refractivity contribution is 0.154. The van der Waals surface area contributed by atoms with Crippen molar-refractivity contribution >= 4 is 27.3 Å². The van der Waals surface area contributed by atoms with Crippen LogP contribution in [0.4, 0.5) is 0 Å². The molecule has 1 aromatic rings. The minimum absolute atomic E-state index is 0.298.